The van der Waals surface area contributed by atoms with Crippen LogP contribution < -0.4 is 4.74 Å². The minimum absolute atomic E-state index is 0.201. The molecule has 0 aromatic heterocycles. The third kappa shape index (κ3) is 4.12. The quantitative estimate of drug-likeness (QED) is 0.766. The van der Waals surface area contributed by atoms with Gasteiger partial charge in [0, 0.05) is 25.5 Å². The molecule has 0 saturated carbocycles. The van der Waals surface area contributed by atoms with E-state index >= 15 is 0 Å². The largest absolute Gasteiger partial charge is 0.492 e. The first-order valence-electron chi connectivity index (χ1n) is 7.00. The lowest BCUT2D eigenvalue weighted by atomic mass is 9.87. The minimum atomic E-state index is 0.201. The molecule has 0 N–H and O–H groups in total. The summed E-state index contributed by atoms with van der Waals surface area (Å²) in [6.45, 7) is 10.7. The molecule has 2 rings (SSSR count). The van der Waals surface area contributed by atoms with Crippen molar-refractivity contribution >= 4 is 11.6 Å². The Kier molecular flexibility index (Phi) is 4.75. The van der Waals surface area contributed by atoms with E-state index in [1.165, 1.54) is 5.56 Å². The maximum Gasteiger partial charge on any atom is 0.119 e. The lowest BCUT2D eigenvalue weighted by molar-refractivity contribution is 0.0950. The Bertz CT molecular complexity index is 390. The van der Waals surface area contributed by atoms with E-state index in [4.69, 9.17) is 16.3 Å². The van der Waals surface area contributed by atoms with Gasteiger partial charge in [0.2, 0.25) is 0 Å². The second kappa shape index (κ2) is 6.15. The van der Waals surface area contributed by atoms with Gasteiger partial charge in [-0.05, 0) is 29.0 Å². The van der Waals surface area contributed by atoms with Crippen molar-refractivity contribution in [2.45, 2.75) is 26.2 Å². The Morgan fingerprint density at radius 1 is 1.21 bits per heavy atom. The highest BCUT2D eigenvalue weighted by molar-refractivity contribution is 6.18. The van der Waals surface area contributed by atoms with Gasteiger partial charge in [-0.25, -0.2) is 0 Å². The number of halogens is 1. The summed E-state index contributed by atoms with van der Waals surface area (Å²) in [5.74, 6) is 2.43. The minimum Gasteiger partial charge on any atom is -0.492 e. The number of likely N-dealkylation sites (tertiary alicyclic amines) is 1. The SMILES string of the molecule is CC(C)(C)c1ccc(OCCN2CC(CCl)C2)cc1. The van der Waals surface area contributed by atoms with E-state index in [2.05, 4.69) is 49.9 Å². The van der Waals surface area contributed by atoms with Crippen LogP contribution >= 0.6 is 11.6 Å². The second-order valence-electron chi connectivity index (χ2n) is 6.40. The van der Waals surface area contributed by atoms with Gasteiger partial charge in [0.15, 0.2) is 0 Å². The van der Waals surface area contributed by atoms with Crippen molar-refractivity contribution in [3.8, 4) is 5.75 Å². The van der Waals surface area contributed by atoms with Gasteiger partial charge in [-0.15, -0.1) is 11.6 Å². The van der Waals surface area contributed by atoms with Crippen LogP contribution in [0, 0.1) is 5.92 Å². The molecule has 3 heteroatoms. The molecular weight excluding hydrogens is 258 g/mol. The Morgan fingerprint density at radius 3 is 2.37 bits per heavy atom. The fourth-order valence-corrected chi connectivity index (χ4v) is 2.50. The Hall–Kier alpha value is -0.730. The summed E-state index contributed by atoms with van der Waals surface area (Å²) in [5, 5.41) is 0. The average Bonchev–Trinajstić information content (AvgIpc) is 2.31. The topological polar surface area (TPSA) is 12.5 Å². The van der Waals surface area contributed by atoms with E-state index in [0.717, 1.165) is 37.9 Å². The molecule has 19 heavy (non-hydrogen) atoms. The molecule has 0 aliphatic carbocycles. The molecule has 106 valence electrons. The normalized spacial score (nSPS) is 17.3. The van der Waals surface area contributed by atoms with Crippen molar-refractivity contribution in [1.82, 2.24) is 4.90 Å². The zero-order chi connectivity index (χ0) is 13.9. The summed E-state index contributed by atoms with van der Waals surface area (Å²) in [4.78, 5) is 2.39. The van der Waals surface area contributed by atoms with Gasteiger partial charge in [0.25, 0.3) is 0 Å². The van der Waals surface area contributed by atoms with Gasteiger partial charge in [0.1, 0.15) is 12.4 Å². The van der Waals surface area contributed by atoms with Crippen LogP contribution in [-0.4, -0.2) is 37.0 Å². The van der Waals surface area contributed by atoms with Gasteiger partial charge >= 0.3 is 0 Å². The van der Waals surface area contributed by atoms with Crippen LogP contribution in [0.25, 0.3) is 0 Å². The smallest absolute Gasteiger partial charge is 0.119 e. The third-order valence-electron chi connectivity index (χ3n) is 3.65. The Balaban J connectivity index is 1.72. The molecule has 1 aliphatic rings. The first kappa shape index (κ1) is 14.7. The monoisotopic (exact) mass is 281 g/mol. The fraction of sp³-hybridized carbons (Fsp3) is 0.625. The maximum absolute atomic E-state index is 5.79. The molecule has 1 aliphatic heterocycles. The number of ether oxygens (including phenoxy) is 1. The molecule has 0 radical (unpaired) electrons. The van der Waals surface area contributed by atoms with Crippen LogP contribution in [0.15, 0.2) is 24.3 Å². The van der Waals surface area contributed by atoms with E-state index in [1.807, 2.05) is 0 Å². The lowest BCUT2D eigenvalue weighted by Crippen LogP contribution is -2.48. The van der Waals surface area contributed by atoms with Crippen LogP contribution in [0.1, 0.15) is 26.3 Å². The van der Waals surface area contributed by atoms with Crippen LogP contribution in [0.3, 0.4) is 0 Å². The molecular formula is C16H24ClNO. The van der Waals surface area contributed by atoms with Gasteiger partial charge in [-0.1, -0.05) is 32.9 Å². The van der Waals surface area contributed by atoms with Gasteiger partial charge in [-0.2, -0.15) is 0 Å². The van der Waals surface area contributed by atoms with E-state index < -0.39 is 0 Å². The highest BCUT2D eigenvalue weighted by Gasteiger charge is 2.24. The number of benzene rings is 1. The zero-order valence-corrected chi connectivity index (χ0v) is 12.9. The van der Waals surface area contributed by atoms with Crippen molar-refractivity contribution < 1.29 is 4.74 Å². The number of hydrogen-bond acceptors (Lipinski definition) is 2. The molecule has 0 spiro atoms. The van der Waals surface area contributed by atoms with Gasteiger partial charge in [-0.3, -0.25) is 4.90 Å². The molecule has 2 nitrogen and oxygen atoms in total. The molecule has 0 amide bonds. The Morgan fingerprint density at radius 2 is 1.84 bits per heavy atom. The van der Waals surface area contributed by atoms with Gasteiger partial charge < -0.3 is 4.74 Å². The maximum atomic E-state index is 5.79. The summed E-state index contributed by atoms with van der Waals surface area (Å²) in [6, 6.07) is 8.45. The zero-order valence-electron chi connectivity index (χ0n) is 12.2. The van der Waals surface area contributed by atoms with Crippen molar-refractivity contribution in [2.75, 3.05) is 32.1 Å². The van der Waals surface area contributed by atoms with Crippen molar-refractivity contribution in [2.24, 2.45) is 5.92 Å². The van der Waals surface area contributed by atoms with Crippen LogP contribution in [0.2, 0.25) is 0 Å². The van der Waals surface area contributed by atoms with Crippen LogP contribution in [0.5, 0.6) is 5.75 Å². The van der Waals surface area contributed by atoms with Crippen LogP contribution in [0.4, 0.5) is 0 Å². The highest BCUT2D eigenvalue weighted by atomic mass is 35.5. The number of alkyl halides is 1. The molecule has 1 aromatic rings. The molecule has 0 unspecified atom stereocenters. The van der Waals surface area contributed by atoms with Gasteiger partial charge in [0.05, 0.1) is 0 Å². The molecule has 1 heterocycles. The lowest BCUT2D eigenvalue weighted by Gasteiger charge is -2.38. The molecule has 1 aromatic carbocycles. The predicted molar refractivity (Wildman–Crippen MR) is 81.3 cm³/mol. The summed E-state index contributed by atoms with van der Waals surface area (Å²) < 4.78 is 5.77. The van der Waals surface area contributed by atoms with E-state index in [1.54, 1.807) is 0 Å². The summed E-state index contributed by atoms with van der Waals surface area (Å²) in [5.41, 5.74) is 1.54. The van der Waals surface area contributed by atoms with Crippen molar-refractivity contribution in [3.63, 3.8) is 0 Å². The Labute approximate surface area is 121 Å². The first-order valence-corrected chi connectivity index (χ1v) is 7.54. The third-order valence-corrected chi connectivity index (χ3v) is 4.08. The fourth-order valence-electron chi connectivity index (χ4n) is 2.30. The van der Waals surface area contributed by atoms with Crippen molar-refractivity contribution in [3.05, 3.63) is 29.8 Å². The number of nitrogens with zero attached hydrogens (tertiary/aromatic N) is 1. The summed E-state index contributed by atoms with van der Waals surface area (Å²) in [7, 11) is 0. The molecule has 1 fully saturated rings. The first-order chi connectivity index (χ1) is 8.99. The van der Waals surface area contributed by atoms with Crippen molar-refractivity contribution in [1.29, 1.82) is 0 Å². The highest BCUT2D eigenvalue weighted by Crippen LogP contribution is 2.24. The summed E-state index contributed by atoms with van der Waals surface area (Å²) >= 11 is 5.79. The molecule has 0 bridgehead atoms. The number of rotatable bonds is 5. The number of hydrogen-bond donors (Lipinski definition) is 0. The van der Waals surface area contributed by atoms with E-state index in [-0.39, 0.29) is 5.41 Å². The van der Waals surface area contributed by atoms with E-state index in [9.17, 15) is 0 Å². The van der Waals surface area contributed by atoms with Crippen LogP contribution in [-0.2, 0) is 5.41 Å². The molecule has 0 atom stereocenters. The van der Waals surface area contributed by atoms with E-state index in [0.29, 0.717) is 5.92 Å². The molecule has 1 saturated heterocycles. The standard InChI is InChI=1S/C16H24ClNO/c1-16(2,3)14-4-6-15(7-5-14)19-9-8-18-11-13(10-17)12-18/h4-7,13H,8-12H2,1-3H3. The summed E-state index contributed by atoms with van der Waals surface area (Å²) in [6.07, 6.45) is 0. The second-order valence-corrected chi connectivity index (χ2v) is 6.71. The average molecular weight is 282 g/mol. The predicted octanol–water partition coefficient (Wildman–Crippen LogP) is 3.53.